The highest BCUT2D eigenvalue weighted by Gasteiger charge is 2.46. The van der Waals surface area contributed by atoms with Gasteiger partial charge in [-0.25, -0.2) is 0 Å². The molecule has 0 spiro atoms. The van der Waals surface area contributed by atoms with E-state index in [1.165, 1.54) is 18.7 Å². The van der Waals surface area contributed by atoms with Crippen molar-refractivity contribution >= 4 is 17.7 Å². The SMILES string of the molecule is CCS[C@@H]1O[C@H](CO)[C@H](O)[C@H](OC(C)=O)[C@H]1N=[N+]=[N-]. The molecule has 1 rings (SSSR count). The van der Waals surface area contributed by atoms with Crippen molar-refractivity contribution < 1.29 is 24.5 Å². The predicted molar refractivity (Wildman–Crippen MR) is 68.4 cm³/mol. The first kappa shape index (κ1) is 16.1. The lowest BCUT2D eigenvalue weighted by atomic mass is 9.98. The fourth-order valence-corrected chi connectivity index (χ4v) is 2.82. The van der Waals surface area contributed by atoms with Gasteiger partial charge in [0.15, 0.2) is 0 Å². The number of ether oxygens (including phenoxy) is 2. The molecule has 19 heavy (non-hydrogen) atoms. The molecule has 0 amide bonds. The second-order valence-electron chi connectivity index (χ2n) is 3.94. The van der Waals surface area contributed by atoms with Crippen LogP contribution in [-0.2, 0) is 14.3 Å². The van der Waals surface area contributed by atoms with Crippen molar-refractivity contribution in [1.82, 2.24) is 0 Å². The molecule has 0 aromatic carbocycles. The van der Waals surface area contributed by atoms with E-state index in [2.05, 4.69) is 10.0 Å². The van der Waals surface area contributed by atoms with Crippen LogP contribution in [0.15, 0.2) is 5.11 Å². The van der Waals surface area contributed by atoms with Crippen molar-refractivity contribution in [3.05, 3.63) is 10.4 Å². The monoisotopic (exact) mass is 291 g/mol. The number of aliphatic hydroxyl groups excluding tert-OH is 2. The number of rotatable bonds is 5. The van der Waals surface area contributed by atoms with Gasteiger partial charge in [0, 0.05) is 11.8 Å². The minimum Gasteiger partial charge on any atom is -0.459 e. The number of thioether (sulfide) groups is 1. The Bertz CT molecular complexity index is 363. The van der Waals surface area contributed by atoms with Crippen LogP contribution >= 0.6 is 11.8 Å². The Morgan fingerprint density at radius 2 is 2.32 bits per heavy atom. The van der Waals surface area contributed by atoms with Crippen LogP contribution in [0, 0.1) is 0 Å². The topological polar surface area (TPSA) is 125 Å². The molecule has 9 heteroatoms. The third-order valence-corrected chi connectivity index (χ3v) is 3.69. The Hall–Kier alpha value is -0.990. The van der Waals surface area contributed by atoms with Crippen LogP contribution in [0.3, 0.4) is 0 Å². The number of azide groups is 1. The molecule has 0 aromatic rings. The van der Waals surface area contributed by atoms with E-state index >= 15 is 0 Å². The number of aliphatic hydroxyl groups is 2. The van der Waals surface area contributed by atoms with Crippen molar-refractivity contribution in [3.63, 3.8) is 0 Å². The van der Waals surface area contributed by atoms with Crippen molar-refractivity contribution in [2.75, 3.05) is 12.4 Å². The molecule has 0 aliphatic carbocycles. The minimum absolute atomic E-state index is 0.414. The van der Waals surface area contributed by atoms with Crippen molar-refractivity contribution in [2.24, 2.45) is 5.11 Å². The Morgan fingerprint density at radius 3 is 2.79 bits per heavy atom. The molecule has 0 aromatic heterocycles. The van der Waals surface area contributed by atoms with E-state index in [9.17, 15) is 15.0 Å². The summed E-state index contributed by atoms with van der Waals surface area (Å²) in [6.45, 7) is 2.68. The number of carbonyl (C=O) groups excluding carboxylic acids is 1. The van der Waals surface area contributed by atoms with Gasteiger partial charge < -0.3 is 19.7 Å². The maximum Gasteiger partial charge on any atom is 0.303 e. The second kappa shape index (κ2) is 7.56. The summed E-state index contributed by atoms with van der Waals surface area (Å²) in [7, 11) is 0. The van der Waals surface area contributed by atoms with Gasteiger partial charge in [0.1, 0.15) is 29.8 Å². The Balaban J connectivity index is 3.00. The average Bonchev–Trinajstić information content (AvgIpc) is 2.36. The average molecular weight is 291 g/mol. The molecule has 0 unspecified atom stereocenters. The predicted octanol–water partition coefficient (Wildman–Crippen LogP) is 0.428. The molecule has 5 atom stereocenters. The fraction of sp³-hybridized carbons (Fsp3) is 0.900. The van der Waals surface area contributed by atoms with Crippen LogP contribution in [-0.4, -0.2) is 58.3 Å². The maximum absolute atomic E-state index is 11.1. The van der Waals surface area contributed by atoms with E-state index in [0.717, 1.165) is 0 Å². The Morgan fingerprint density at radius 1 is 1.63 bits per heavy atom. The third-order valence-electron chi connectivity index (χ3n) is 2.64. The smallest absolute Gasteiger partial charge is 0.303 e. The number of nitrogens with zero attached hydrogens (tertiary/aromatic N) is 3. The van der Waals surface area contributed by atoms with E-state index in [1.807, 2.05) is 6.92 Å². The summed E-state index contributed by atoms with van der Waals surface area (Å²) in [6.07, 6.45) is -3.14. The number of carbonyl (C=O) groups is 1. The zero-order valence-electron chi connectivity index (χ0n) is 10.7. The summed E-state index contributed by atoms with van der Waals surface area (Å²) >= 11 is 1.35. The van der Waals surface area contributed by atoms with Crippen molar-refractivity contribution in [2.45, 2.75) is 43.6 Å². The zero-order chi connectivity index (χ0) is 14.4. The first-order valence-corrected chi connectivity index (χ1v) is 6.87. The van der Waals surface area contributed by atoms with E-state index in [1.54, 1.807) is 0 Å². The summed E-state index contributed by atoms with van der Waals surface area (Å²) < 4.78 is 10.5. The highest BCUT2D eigenvalue weighted by atomic mass is 32.2. The van der Waals surface area contributed by atoms with Crippen LogP contribution < -0.4 is 0 Å². The van der Waals surface area contributed by atoms with Gasteiger partial charge in [-0.1, -0.05) is 12.0 Å². The van der Waals surface area contributed by atoms with Gasteiger partial charge in [-0.3, -0.25) is 4.79 Å². The summed E-state index contributed by atoms with van der Waals surface area (Å²) in [4.78, 5) is 13.8. The van der Waals surface area contributed by atoms with E-state index in [4.69, 9.17) is 15.0 Å². The summed E-state index contributed by atoms with van der Waals surface area (Å²) in [5.41, 5.74) is 8.01. The van der Waals surface area contributed by atoms with Crippen molar-refractivity contribution in [3.8, 4) is 0 Å². The molecule has 1 fully saturated rings. The largest absolute Gasteiger partial charge is 0.459 e. The molecular formula is C10H17N3O5S. The lowest BCUT2D eigenvalue weighted by Gasteiger charge is -2.41. The van der Waals surface area contributed by atoms with Gasteiger partial charge in [-0.15, -0.1) is 11.8 Å². The maximum atomic E-state index is 11.1. The van der Waals surface area contributed by atoms with Crippen LogP contribution in [0.1, 0.15) is 13.8 Å². The number of hydrogen-bond donors (Lipinski definition) is 2. The lowest BCUT2D eigenvalue weighted by Crippen LogP contribution is -2.58. The lowest BCUT2D eigenvalue weighted by molar-refractivity contribution is -0.190. The molecule has 0 bridgehead atoms. The standard InChI is InChI=1S/C10H17N3O5S/c1-3-19-10-7(12-13-11)9(17-5(2)15)8(16)6(4-14)18-10/h6-10,14,16H,3-4H2,1-2H3/t6-,7-,8+,9-,10+/m1/s1. The molecule has 0 saturated carbocycles. The third kappa shape index (κ3) is 3.99. The summed E-state index contributed by atoms with van der Waals surface area (Å²) in [5.74, 6) is 0.0874. The quantitative estimate of drug-likeness (QED) is 0.327. The Labute approximate surface area is 114 Å². The van der Waals surface area contributed by atoms with Crippen LogP contribution in [0.25, 0.3) is 10.4 Å². The van der Waals surface area contributed by atoms with E-state index in [-0.39, 0.29) is 0 Å². The van der Waals surface area contributed by atoms with Gasteiger partial charge in [0.05, 0.1) is 6.61 Å². The van der Waals surface area contributed by atoms with Crippen molar-refractivity contribution in [1.29, 1.82) is 0 Å². The van der Waals surface area contributed by atoms with Gasteiger partial charge in [0.25, 0.3) is 0 Å². The summed E-state index contributed by atoms with van der Waals surface area (Å²) in [5, 5.41) is 22.7. The molecule has 1 heterocycles. The van der Waals surface area contributed by atoms with Crippen LogP contribution in [0.5, 0.6) is 0 Å². The molecule has 2 N–H and O–H groups in total. The first-order chi connectivity index (χ1) is 9.04. The molecular weight excluding hydrogens is 274 g/mol. The summed E-state index contributed by atoms with van der Waals surface area (Å²) in [6, 6.07) is -0.836. The zero-order valence-corrected chi connectivity index (χ0v) is 11.5. The van der Waals surface area contributed by atoms with Gasteiger partial charge in [-0.2, -0.15) is 0 Å². The van der Waals surface area contributed by atoms with E-state index < -0.39 is 42.4 Å². The Kier molecular flexibility index (Phi) is 6.40. The number of hydrogen-bond acceptors (Lipinski definition) is 7. The van der Waals surface area contributed by atoms with Gasteiger partial charge in [-0.05, 0) is 11.3 Å². The highest BCUT2D eigenvalue weighted by molar-refractivity contribution is 7.99. The van der Waals surface area contributed by atoms with Gasteiger partial charge >= 0.3 is 5.97 Å². The molecule has 0 radical (unpaired) electrons. The first-order valence-electron chi connectivity index (χ1n) is 5.82. The second-order valence-corrected chi connectivity index (χ2v) is 5.32. The molecule has 108 valence electrons. The molecule has 1 saturated heterocycles. The molecule has 1 aliphatic rings. The highest BCUT2D eigenvalue weighted by Crippen LogP contribution is 2.32. The van der Waals surface area contributed by atoms with Gasteiger partial charge in [0.2, 0.25) is 0 Å². The molecule has 8 nitrogen and oxygen atoms in total. The van der Waals surface area contributed by atoms with Crippen LogP contribution in [0.4, 0.5) is 0 Å². The normalized spacial score (nSPS) is 34.4. The molecule has 1 aliphatic heterocycles. The number of esters is 1. The van der Waals surface area contributed by atoms with E-state index in [0.29, 0.717) is 5.75 Å². The van der Waals surface area contributed by atoms with Crippen LogP contribution in [0.2, 0.25) is 0 Å². The minimum atomic E-state index is -1.24. The fourth-order valence-electron chi connectivity index (χ4n) is 1.87.